The molecule has 0 amide bonds. The van der Waals surface area contributed by atoms with E-state index >= 15 is 0 Å². The highest BCUT2D eigenvalue weighted by Crippen LogP contribution is 2.09. The van der Waals surface area contributed by atoms with E-state index in [4.69, 9.17) is 0 Å². The largest absolute Gasteiger partial charge is 0.383 e. The second-order valence-electron chi connectivity index (χ2n) is 0.939. The summed E-state index contributed by atoms with van der Waals surface area (Å²) in [5.74, 6) is 0.480. The van der Waals surface area contributed by atoms with E-state index in [0.29, 0.717) is 17.3 Å². The van der Waals surface area contributed by atoms with Crippen LogP contribution in [0.5, 0.6) is 0 Å². The third-order valence-electron chi connectivity index (χ3n) is 0.515. The Kier molecular flexibility index (Phi) is 1.31. The van der Waals surface area contributed by atoms with Gasteiger partial charge in [-0.25, -0.2) is 0 Å². The van der Waals surface area contributed by atoms with Crippen molar-refractivity contribution in [1.82, 2.24) is 0 Å². The first-order chi connectivity index (χ1) is 3.43. The molecule has 0 aromatic carbocycles. The average molecular weight is 117 g/mol. The van der Waals surface area contributed by atoms with E-state index in [-0.39, 0.29) is 0 Å². The maximum Gasteiger partial charge on any atom is 0.179 e. The molecule has 0 aliphatic carbocycles. The van der Waals surface area contributed by atoms with Gasteiger partial charge in [0.2, 0.25) is 0 Å². The minimum Gasteiger partial charge on any atom is -0.383 e. The van der Waals surface area contributed by atoms with E-state index in [9.17, 15) is 4.79 Å². The molecule has 1 heterocycles. The fourth-order valence-corrected chi connectivity index (χ4v) is 0.658. The Morgan fingerprint density at radius 2 is 2.86 bits per heavy atom. The van der Waals surface area contributed by atoms with Crippen LogP contribution in [-0.2, 0) is 9.63 Å². The van der Waals surface area contributed by atoms with E-state index in [1.165, 1.54) is 11.8 Å². The second kappa shape index (κ2) is 1.97. The number of carbonyl (C=O) groups is 1. The number of aldehydes is 1. The number of oxime groups is 1. The zero-order valence-corrected chi connectivity index (χ0v) is 4.27. The van der Waals surface area contributed by atoms with Gasteiger partial charge in [-0.15, -0.1) is 0 Å². The molecule has 0 unspecified atom stereocenters. The molecule has 0 fully saturated rings. The molecule has 0 radical (unpaired) electrons. The second-order valence-corrected chi connectivity index (χ2v) is 1.88. The predicted octanol–water partition coefficient (Wildman–Crippen LogP) is 0.220. The van der Waals surface area contributed by atoms with Crippen LogP contribution in [0.3, 0.4) is 0 Å². The van der Waals surface area contributed by atoms with Crippen molar-refractivity contribution in [3.8, 4) is 0 Å². The van der Waals surface area contributed by atoms with Gasteiger partial charge in [0.25, 0.3) is 0 Å². The van der Waals surface area contributed by atoms with E-state index in [0.717, 1.165) is 0 Å². The molecule has 4 heteroatoms. The molecule has 7 heavy (non-hydrogen) atoms. The van der Waals surface area contributed by atoms with Crippen LogP contribution in [0.15, 0.2) is 5.16 Å². The zero-order chi connectivity index (χ0) is 5.11. The number of hydrogen-bond donors (Lipinski definition) is 0. The number of hydrogen-bond acceptors (Lipinski definition) is 4. The van der Waals surface area contributed by atoms with E-state index in [1.807, 2.05) is 0 Å². The summed E-state index contributed by atoms with van der Waals surface area (Å²) in [6.07, 6.45) is 0.678. The molecule has 0 aromatic heterocycles. The van der Waals surface area contributed by atoms with Crippen LogP contribution in [0, 0.1) is 0 Å². The molecule has 1 aliphatic rings. The van der Waals surface area contributed by atoms with Crippen LogP contribution in [-0.4, -0.2) is 17.3 Å². The fourth-order valence-electron chi connectivity index (χ4n) is 0.259. The van der Waals surface area contributed by atoms with Crippen LogP contribution >= 0.6 is 11.8 Å². The molecule has 0 aromatic rings. The molecule has 3 nitrogen and oxygen atoms in total. The van der Waals surface area contributed by atoms with Gasteiger partial charge in [0.05, 0.1) is 0 Å². The van der Waals surface area contributed by atoms with E-state index in [2.05, 4.69) is 9.99 Å². The smallest absolute Gasteiger partial charge is 0.179 e. The first-order valence-electron chi connectivity index (χ1n) is 1.71. The highest BCUT2D eigenvalue weighted by atomic mass is 32.2. The Hall–Kier alpha value is -0.510. The van der Waals surface area contributed by atoms with Crippen molar-refractivity contribution in [1.29, 1.82) is 0 Å². The van der Waals surface area contributed by atoms with Crippen LogP contribution in [0.2, 0.25) is 0 Å². The van der Waals surface area contributed by atoms with Crippen molar-refractivity contribution in [3.05, 3.63) is 0 Å². The van der Waals surface area contributed by atoms with Gasteiger partial charge in [-0.3, -0.25) is 4.79 Å². The summed E-state index contributed by atoms with van der Waals surface area (Å²) in [6, 6.07) is 0. The summed E-state index contributed by atoms with van der Waals surface area (Å²) in [5, 5.41) is 3.80. The molecule has 0 spiro atoms. The number of thioether (sulfide) groups is 1. The van der Waals surface area contributed by atoms with Crippen LogP contribution in [0.1, 0.15) is 0 Å². The summed E-state index contributed by atoms with van der Waals surface area (Å²) in [5.41, 5.74) is 0. The van der Waals surface area contributed by atoms with Gasteiger partial charge in [-0.1, -0.05) is 16.9 Å². The van der Waals surface area contributed by atoms with Crippen molar-refractivity contribution in [2.45, 2.75) is 0 Å². The first-order valence-corrected chi connectivity index (χ1v) is 2.70. The van der Waals surface area contributed by atoms with Crippen molar-refractivity contribution >= 4 is 23.1 Å². The summed E-state index contributed by atoms with van der Waals surface area (Å²) in [6.45, 7) is 0. The first kappa shape index (κ1) is 4.64. The average Bonchev–Trinajstić information content (AvgIpc) is 2.14. The van der Waals surface area contributed by atoms with Gasteiger partial charge in [-0.05, 0) is 0 Å². The lowest BCUT2D eigenvalue weighted by Crippen LogP contribution is -1.84. The SMILES string of the molecule is O=CC1=NOCS1. The molecule has 0 atom stereocenters. The fraction of sp³-hybridized carbons (Fsp3) is 0.333. The Balaban J connectivity index is 2.51. The zero-order valence-electron chi connectivity index (χ0n) is 3.46. The standard InChI is InChI=1S/C3H3NO2S/c5-1-3-4-6-2-7-3/h1H,2H2. The Morgan fingerprint density at radius 1 is 2.00 bits per heavy atom. The molecular weight excluding hydrogens is 114 g/mol. The van der Waals surface area contributed by atoms with E-state index < -0.39 is 0 Å². The Bertz CT molecular complexity index is 112. The van der Waals surface area contributed by atoms with Crippen molar-refractivity contribution in [2.24, 2.45) is 5.16 Å². The molecule has 38 valence electrons. The van der Waals surface area contributed by atoms with Crippen molar-refractivity contribution < 1.29 is 9.63 Å². The Morgan fingerprint density at radius 3 is 3.14 bits per heavy atom. The van der Waals surface area contributed by atoms with Crippen molar-refractivity contribution in [2.75, 3.05) is 5.94 Å². The van der Waals surface area contributed by atoms with Gasteiger partial charge >= 0.3 is 0 Å². The summed E-state index contributed by atoms with van der Waals surface area (Å²) >= 11 is 1.30. The quantitative estimate of drug-likeness (QED) is 0.461. The summed E-state index contributed by atoms with van der Waals surface area (Å²) in [7, 11) is 0. The molecule has 1 rings (SSSR count). The minimum atomic E-state index is 0.431. The van der Waals surface area contributed by atoms with Crippen molar-refractivity contribution in [3.63, 3.8) is 0 Å². The van der Waals surface area contributed by atoms with Gasteiger partial charge < -0.3 is 4.84 Å². The van der Waals surface area contributed by atoms with Gasteiger partial charge in [-0.2, -0.15) is 0 Å². The van der Waals surface area contributed by atoms with Crippen LogP contribution < -0.4 is 0 Å². The molecule has 0 N–H and O–H groups in total. The normalized spacial score (nSPS) is 18.0. The maximum absolute atomic E-state index is 9.78. The highest BCUT2D eigenvalue weighted by molar-refractivity contribution is 8.15. The van der Waals surface area contributed by atoms with Gasteiger partial charge in [0, 0.05) is 0 Å². The van der Waals surface area contributed by atoms with E-state index in [1.54, 1.807) is 0 Å². The topological polar surface area (TPSA) is 38.7 Å². The lowest BCUT2D eigenvalue weighted by atomic mass is 10.9. The Labute approximate surface area is 44.7 Å². The van der Waals surface area contributed by atoms with Gasteiger partial charge in [0.1, 0.15) is 0 Å². The lowest BCUT2D eigenvalue weighted by Gasteiger charge is -1.74. The third-order valence-corrected chi connectivity index (χ3v) is 1.20. The molecule has 1 aliphatic heterocycles. The third kappa shape index (κ3) is 0.928. The monoisotopic (exact) mass is 117 g/mol. The van der Waals surface area contributed by atoms with Gasteiger partial charge in [0.15, 0.2) is 17.3 Å². The summed E-state index contributed by atoms with van der Waals surface area (Å²) < 4.78 is 0. The number of carbonyl (C=O) groups excluding carboxylic acids is 1. The number of nitrogens with zero attached hydrogens (tertiary/aromatic N) is 1. The molecule has 0 saturated carbocycles. The predicted molar refractivity (Wildman–Crippen MR) is 27.0 cm³/mol. The minimum absolute atomic E-state index is 0.431. The summed E-state index contributed by atoms with van der Waals surface area (Å²) in [4.78, 5) is 14.2. The molecule has 0 saturated heterocycles. The molecule has 0 bridgehead atoms. The highest BCUT2D eigenvalue weighted by Gasteiger charge is 2.04. The van der Waals surface area contributed by atoms with Crippen LogP contribution in [0.25, 0.3) is 0 Å². The number of rotatable bonds is 1. The molecular formula is C3H3NO2S. The lowest BCUT2D eigenvalue weighted by molar-refractivity contribution is -0.102. The van der Waals surface area contributed by atoms with Crippen LogP contribution in [0.4, 0.5) is 0 Å². The maximum atomic E-state index is 9.78.